The first kappa shape index (κ1) is 19.2. The Hall–Kier alpha value is -3.81. The fourth-order valence-corrected chi connectivity index (χ4v) is 3.74. The third-order valence-corrected chi connectivity index (χ3v) is 5.42. The second kappa shape index (κ2) is 8.14. The number of carbonyl (C=O) groups excluding carboxylic acids is 1. The lowest BCUT2D eigenvalue weighted by molar-refractivity contribution is -0.128. The van der Waals surface area contributed by atoms with E-state index in [0.717, 1.165) is 24.1 Å². The minimum absolute atomic E-state index is 0.232. The highest BCUT2D eigenvalue weighted by atomic mass is 19.1. The van der Waals surface area contributed by atoms with Gasteiger partial charge in [-0.3, -0.25) is 4.79 Å². The molecule has 1 aliphatic heterocycles. The minimum Gasteiger partial charge on any atom is -0.365 e. The van der Waals surface area contributed by atoms with Crippen LogP contribution in [-0.4, -0.2) is 37.2 Å². The first-order valence-electron chi connectivity index (χ1n) is 10.2. The lowest BCUT2D eigenvalue weighted by Crippen LogP contribution is -2.23. The third-order valence-electron chi connectivity index (χ3n) is 5.42. The van der Waals surface area contributed by atoms with Gasteiger partial charge in [0.15, 0.2) is 11.5 Å². The van der Waals surface area contributed by atoms with E-state index in [1.807, 2.05) is 23.1 Å². The van der Waals surface area contributed by atoms with E-state index in [-0.39, 0.29) is 11.7 Å². The van der Waals surface area contributed by atoms with Gasteiger partial charge in [-0.25, -0.2) is 4.39 Å². The van der Waals surface area contributed by atoms with E-state index in [1.54, 1.807) is 24.3 Å². The Bertz CT molecular complexity index is 1240. The summed E-state index contributed by atoms with van der Waals surface area (Å²) >= 11 is 0. The second-order valence-electron chi connectivity index (χ2n) is 7.58. The zero-order valence-corrected chi connectivity index (χ0v) is 16.8. The molecule has 1 amide bonds. The van der Waals surface area contributed by atoms with Crippen molar-refractivity contribution in [2.75, 3.05) is 11.9 Å². The number of aromatic nitrogens is 4. The molecule has 7 nitrogen and oxygen atoms in total. The maximum atomic E-state index is 14.2. The van der Waals surface area contributed by atoms with Crippen LogP contribution in [0.4, 0.5) is 10.2 Å². The van der Waals surface area contributed by atoms with Gasteiger partial charge in [0.05, 0.1) is 5.56 Å². The summed E-state index contributed by atoms with van der Waals surface area (Å²) in [5.41, 5.74) is 3.12. The van der Waals surface area contributed by atoms with E-state index in [4.69, 9.17) is 0 Å². The Morgan fingerprint density at radius 1 is 0.968 bits per heavy atom. The molecule has 1 fully saturated rings. The number of hydrogen-bond acceptors (Lipinski definition) is 5. The van der Waals surface area contributed by atoms with E-state index >= 15 is 0 Å². The Morgan fingerprint density at radius 2 is 1.77 bits per heavy atom. The van der Waals surface area contributed by atoms with Crippen LogP contribution in [0.1, 0.15) is 24.0 Å². The minimum atomic E-state index is -0.368. The molecule has 2 aromatic carbocycles. The number of nitrogens with zero attached hydrogens (tertiary/aromatic N) is 5. The fraction of sp³-hybridized carbons (Fsp3) is 0.217. The van der Waals surface area contributed by atoms with Gasteiger partial charge in [0.1, 0.15) is 11.6 Å². The number of fused-ring (bicyclic) bond motifs is 1. The van der Waals surface area contributed by atoms with Gasteiger partial charge >= 0.3 is 0 Å². The van der Waals surface area contributed by atoms with Gasteiger partial charge in [-0.1, -0.05) is 36.4 Å². The van der Waals surface area contributed by atoms with Gasteiger partial charge < -0.3 is 10.2 Å². The monoisotopic (exact) mass is 416 g/mol. The van der Waals surface area contributed by atoms with E-state index < -0.39 is 0 Å². The molecule has 4 aromatic rings. The number of amides is 1. The first-order valence-corrected chi connectivity index (χ1v) is 10.2. The van der Waals surface area contributed by atoms with Crippen LogP contribution < -0.4 is 5.32 Å². The quantitative estimate of drug-likeness (QED) is 0.519. The Balaban J connectivity index is 1.29. The summed E-state index contributed by atoms with van der Waals surface area (Å²) in [6, 6.07) is 18.3. The standard InChI is InChI=1S/C23H21FN6O/c24-19-5-2-1-4-18(19)23-27-26-21-12-11-20(28-30(21)23)25-14-16-7-9-17(10-8-16)15-29-13-3-6-22(29)31/h1-2,4-5,7-12H,3,6,13-15H2,(H,25,28). The number of carbonyl (C=O) groups is 1. The molecule has 2 aromatic heterocycles. The smallest absolute Gasteiger partial charge is 0.222 e. The highest BCUT2D eigenvalue weighted by Gasteiger charge is 2.19. The number of rotatable bonds is 6. The summed E-state index contributed by atoms with van der Waals surface area (Å²) in [5.74, 6) is 0.859. The molecule has 156 valence electrons. The van der Waals surface area contributed by atoms with Crippen LogP contribution in [0.3, 0.4) is 0 Å². The van der Waals surface area contributed by atoms with Crippen molar-refractivity contribution in [1.29, 1.82) is 0 Å². The molecule has 0 atom stereocenters. The number of nitrogens with one attached hydrogen (secondary N) is 1. The van der Waals surface area contributed by atoms with Gasteiger partial charge in [0, 0.05) is 26.1 Å². The molecule has 3 heterocycles. The maximum Gasteiger partial charge on any atom is 0.222 e. The number of anilines is 1. The molecule has 0 bridgehead atoms. The number of halogens is 1. The molecule has 8 heteroatoms. The molecule has 5 rings (SSSR count). The zero-order valence-electron chi connectivity index (χ0n) is 16.8. The Kier molecular flexibility index (Phi) is 5.03. The average molecular weight is 416 g/mol. The van der Waals surface area contributed by atoms with E-state index in [0.29, 0.717) is 42.4 Å². The summed E-state index contributed by atoms with van der Waals surface area (Å²) in [6.07, 6.45) is 1.60. The predicted octanol–water partition coefficient (Wildman–Crippen LogP) is 3.66. The van der Waals surface area contributed by atoms with Crippen LogP contribution in [0, 0.1) is 5.82 Å². The van der Waals surface area contributed by atoms with Gasteiger partial charge in [-0.2, -0.15) is 4.52 Å². The maximum absolute atomic E-state index is 14.2. The third kappa shape index (κ3) is 3.96. The summed E-state index contributed by atoms with van der Waals surface area (Å²) in [7, 11) is 0. The molecule has 0 saturated carbocycles. The summed E-state index contributed by atoms with van der Waals surface area (Å²) in [4.78, 5) is 13.7. The predicted molar refractivity (Wildman–Crippen MR) is 115 cm³/mol. The van der Waals surface area contributed by atoms with E-state index in [1.165, 1.54) is 10.6 Å². The van der Waals surface area contributed by atoms with Gasteiger partial charge in [-0.15, -0.1) is 15.3 Å². The van der Waals surface area contributed by atoms with Crippen molar-refractivity contribution in [1.82, 2.24) is 24.7 Å². The number of benzene rings is 2. The fourth-order valence-electron chi connectivity index (χ4n) is 3.74. The van der Waals surface area contributed by atoms with Crippen LogP contribution in [0.25, 0.3) is 17.0 Å². The van der Waals surface area contributed by atoms with E-state index in [2.05, 4.69) is 32.7 Å². The SMILES string of the molecule is O=C1CCCN1Cc1ccc(CNc2ccc3nnc(-c4ccccc4F)n3n2)cc1. The summed E-state index contributed by atoms with van der Waals surface area (Å²) in [5, 5.41) is 16.0. The molecule has 0 radical (unpaired) electrons. The molecule has 1 saturated heterocycles. The molecule has 31 heavy (non-hydrogen) atoms. The lowest BCUT2D eigenvalue weighted by Gasteiger charge is -2.15. The van der Waals surface area contributed by atoms with Gasteiger partial charge in [-0.05, 0) is 41.8 Å². The van der Waals surface area contributed by atoms with Gasteiger partial charge in [0.2, 0.25) is 5.91 Å². The van der Waals surface area contributed by atoms with Crippen LogP contribution >= 0.6 is 0 Å². The molecule has 0 spiro atoms. The van der Waals surface area contributed by atoms with Crippen LogP contribution in [-0.2, 0) is 17.9 Å². The number of likely N-dealkylation sites (tertiary alicyclic amines) is 1. The Morgan fingerprint density at radius 3 is 2.55 bits per heavy atom. The summed E-state index contributed by atoms with van der Waals surface area (Å²) in [6.45, 7) is 2.09. The van der Waals surface area contributed by atoms with Crippen molar-refractivity contribution >= 4 is 17.4 Å². The molecule has 1 N–H and O–H groups in total. The molecule has 0 aliphatic carbocycles. The molecular formula is C23H21FN6O. The van der Waals surface area contributed by atoms with Crippen LogP contribution in [0.5, 0.6) is 0 Å². The second-order valence-corrected chi connectivity index (χ2v) is 7.58. The molecule has 1 aliphatic rings. The average Bonchev–Trinajstić information content (AvgIpc) is 3.39. The van der Waals surface area contributed by atoms with Crippen molar-refractivity contribution in [3.05, 3.63) is 77.6 Å². The van der Waals surface area contributed by atoms with Crippen molar-refractivity contribution in [2.24, 2.45) is 0 Å². The Labute approximate surface area is 178 Å². The zero-order chi connectivity index (χ0) is 21.2. The van der Waals surface area contributed by atoms with Crippen molar-refractivity contribution < 1.29 is 9.18 Å². The largest absolute Gasteiger partial charge is 0.365 e. The van der Waals surface area contributed by atoms with E-state index in [9.17, 15) is 9.18 Å². The lowest BCUT2D eigenvalue weighted by atomic mass is 10.1. The van der Waals surface area contributed by atoms with Gasteiger partial charge in [0.25, 0.3) is 0 Å². The highest BCUT2D eigenvalue weighted by Crippen LogP contribution is 2.21. The van der Waals surface area contributed by atoms with Crippen molar-refractivity contribution in [3.8, 4) is 11.4 Å². The molecular weight excluding hydrogens is 395 g/mol. The van der Waals surface area contributed by atoms with Crippen molar-refractivity contribution in [3.63, 3.8) is 0 Å². The normalized spacial score (nSPS) is 13.8. The molecule has 0 unspecified atom stereocenters. The number of hydrogen-bond donors (Lipinski definition) is 1. The highest BCUT2D eigenvalue weighted by molar-refractivity contribution is 5.78. The van der Waals surface area contributed by atoms with Crippen molar-refractivity contribution in [2.45, 2.75) is 25.9 Å². The van der Waals surface area contributed by atoms with Crippen LogP contribution in [0.15, 0.2) is 60.7 Å². The topological polar surface area (TPSA) is 75.4 Å². The van der Waals surface area contributed by atoms with Crippen LogP contribution in [0.2, 0.25) is 0 Å². The summed E-state index contributed by atoms with van der Waals surface area (Å²) < 4.78 is 15.7. The first-order chi connectivity index (χ1) is 15.2.